The summed E-state index contributed by atoms with van der Waals surface area (Å²) >= 11 is 3.08. The summed E-state index contributed by atoms with van der Waals surface area (Å²) in [7, 11) is 0. The summed E-state index contributed by atoms with van der Waals surface area (Å²) < 4.78 is 3.54. The maximum absolute atomic E-state index is 6.92. The van der Waals surface area contributed by atoms with Crippen LogP contribution in [0.3, 0.4) is 0 Å². The smallest absolute Gasteiger partial charge is 0.210 e. The molecular weight excluding hydrogens is 420 g/mol. The third-order valence-electron chi connectivity index (χ3n) is 4.86. The highest BCUT2D eigenvalue weighted by Crippen LogP contribution is 2.38. The number of anilines is 1. The third-order valence-corrected chi connectivity index (χ3v) is 6.45. The van der Waals surface area contributed by atoms with Crippen LogP contribution in [0, 0.1) is 6.92 Å². The Labute approximate surface area is 180 Å². The van der Waals surface area contributed by atoms with Crippen molar-refractivity contribution < 1.29 is 0 Å². The molecule has 4 aromatic rings. The number of aromatic amines is 1. The van der Waals surface area contributed by atoms with Crippen LogP contribution in [0.15, 0.2) is 40.6 Å². The Kier molecular flexibility index (Phi) is 4.56. The van der Waals surface area contributed by atoms with Gasteiger partial charge in [-0.3, -0.25) is 10.8 Å². The molecule has 0 saturated heterocycles. The zero-order valence-electron chi connectivity index (χ0n) is 16.6. The van der Waals surface area contributed by atoms with E-state index < -0.39 is 5.66 Å². The number of thioether (sulfide) groups is 2. The molecule has 0 fully saturated rings. The molecular formula is C18H20N10S2. The van der Waals surface area contributed by atoms with Crippen LogP contribution < -0.4 is 11.1 Å². The van der Waals surface area contributed by atoms with Crippen LogP contribution in [0.4, 0.5) is 5.69 Å². The Balaban J connectivity index is 1.70. The lowest BCUT2D eigenvalue weighted by atomic mass is 10.1. The Bertz CT molecular complexity index is 1250. The molecule has 12 heteroatoms. The van der Waals surface area contributed by atoms with Crippen molar-refractivity contribution >= 4 is 39.9 Å². The van der Waals surface area contributed by atoms with Gasteiger partial charge < -0.3 is 5.32 Å². The number of H-pyrrole nitrogens is 1. The number of fused-ring (bicyclic) bond motifs is 2. The van der Waals surface area contributed by atoms with Crippen molar-refractivity contribution in [3.63, 3.8) is 0 Å². The van der Waals surface area contributed by atoms with E-state index in [9.17, 15) is 0 Å². The van der Waals surface area contributed by atoms with Crippen molar-refractivity contribution in [1.82, 2.24) is 34.7 Å². The number of nitrogens with two attached hydrogens (primary N) is 1. The van der Waals surface area contributed by atoms with Crippen LogP contribution in [-0.2, 0) is 5.66 Å². The molecule has 5 rings (SSSR count). The van der Waals surface area contributed by atoms with E-state index in [1.54, 1.807) is 16.4 Å². The van der Waals surface area contributed by atoms with Crippen LogP contribution in [-0.4, -0.2) is 51.7 Å². The first-order chi connectivity index (χ1) is 14.6. The lowest BCUT2D eigenvalue weighted by molar-refractivity contribution is 0.646. The Morgan fingerprint density at radius 2 is 1.97 bits per heavy atom. The lowest BCUT2D eigenvalue weighted by Crippen LogP contribution is -2.49. The fourth-order valence-corrected chi connectivity index (χ4v) is 4.67. The minimum Gasteiger partial charge on any atom is -0.351 e. The van der Waals surface area contributed by atoms with Crippen molar-refractivity contribution in [2.24, 2.45) is 10.8 Å². The van der Waals surface area contributed by atoms with Crippen LogP contribution in [0.1, 0.15) is 18.6 Å². The van der Waals surface area contributed by atoms with Gasteiger partial charge in [-0.1, -0.05) is 49.0 Å². The molecule has 0 aliphatic carbocycles. The minimum atomic E-state index is -1.14. The number of nitrogens with zero attached hydrogens (tertiary/aromatic N) is 7. The van der Waals surface area contributed by atoms with Crippen molar-refractivity contribution in [1.29, 1.82) is 0 Å². The summed E-state index contributed by atoms with van der Waals surface area (Å²) in [5, 5.41) is 30.2. The Morgan fingerprint density at radius 3 is 2.70 bits per heavy atom. The summed E-state index contributed by atoms with van der Waals surface area (Å²) in [4.78, 5) is 0. The van der Waals surface area contributed by atoms with E-state index in [1.807, 2.05) is 48.0 Å². The van der Waals surface area contributed by atoms with Gasteiger partial charge in [0.05, 0.1) is 5.69 Å². The maximum Gasteiger partial charge on any atom is 0.210 e. The largest absolute Gasteiger partial charge is 0.351 e. The van der Waals surface area contributed by atoms with Gasteiger partial charge in [-0.2, -0.15) is 9.78 Å². The molecule has 0 saturated carbocycles. The lowest BCUT2D eigenvalue weighted by Gasteiger charge is -2.26. The van der Waals surface area contributed by atoms with Gasteiger partial charge in [-0.15, -0.1) is 32.2 Å². The normalized spacial score (nSPS) is 18.1. The first-order valence-corrected chi connectivity index (χ1v) is 11.6. The van der Waals surface area contributed by atoms with Gasteiger partial charge in [0.15, 0.2) is 5.82 Å². The summed E-state index contributed by atoms with van der Waals surface area (Å²) in [5.41, 5.74) is 9.02. The minimum absolute atomic E-state index is 0.541. The fourth-order valence-electron chi connectivity index (χ4n) is 3.45. The van der Waals surface area contributed by atoms with Crippen molar-refractivity contribution in [3.05, 3.63) is 42.0 Å². The number of hydrogen-bond donors (Lipinski definition) is 3. The molecule has 10 nitrogen and oxygen atoms in total. The SMILES string of the molecule is CCSC1=Nn2c(C)nnc2C1(N)Nc1c(-c2ccccc2)[nH]n2c(SC)nnc12. The second-order valence-electron chi connectivity index (χ2n) is 6.73. The molecule has 0 spiro atoms. The highest BCUT2D eigenvalue weighted by molar-refractivity contribution is 8.14. The van der Waals surface area contributed by atoms with E-state index in [4.69, 9.17) is 5.73 Å². The van der Waals surface area contributed by atoms with Gasteiger partial charge in [0.1, 0.15) is 10.7 Å². The van der Waals surface area contributed by atoms with E-state index in [-0.39, 0.29) is 0 Å². The second kappa shape index (κ2) is 7.15. The number of hydrogen-bond acceptors (Lipinski definition) is 9. The molecule has 1 aliphatic rings. The molecule has 4 N–H and O–H groups in total. The summed E-state index contributed by atoms with van der Waals surface area (Å²) in [5.74, 6) is 2.05. The van der Waals surface area contributed by atoms with E-state index in [2.05, 4.69) is 42.8 Å². The predicted molar refractivity (Wildman–Crippen MR) is 120 cm³/mol. The van der Waals surface area contributed by atoms with E-state index >= 15 is 0 Å². The third kappa shape index (κ3) is 2.75. The zero-order valence-corrected chi connectivity index (χ0v) is 18.3. The molecule has 0 radical (unpaired) electrons. The number of aromatic nitrogens is 7. The number of rotatable bonds is 5. The molecule has 3 aromatic heterocycles. The molecule has 1 unspecified atom stereocenters. The second-order valence-corrected chi connectivity index (χ2v) is 8.75. The van der Waals surface area contributed by atoms with Crippen LogP contribution in [0.5, 0.6) is 0 Å². The maximum atomic E-state index is 6.92. The van der Waals surface area contributed by atoms with Crippen LogP contribution >= 0.6 is 23.5 Å². The molecule has 154 valence electrons. The van der Waals surface area contributed by atoms with Crippen molar-refractivity contribution in [2.75, 3.05) is 17.3 Å². The Morgan fingerprint density at radius 1 is 1.17 bits per heavy atom. The van der Waals surface area contributed by atoms with Gasteiger partial charge in [-0.25, -0.2) is 4.52 Å². The van der Waals surface area contributed by atoms with E-state index in [1.165, 1.54) is 11.8 Å². The van der Waals surface area contributed by atoms with Gasteiger partial charge in [0.25, 0.3) is 0 Å². The number of benzene rings is 1. The molecule has 4 heterocycles. The quantitative estimate of drug-likeness (QED) is 0.319. The zero-order chi connectivity index (χ0) is 20.9. The first-order valence-electron chi connectivity index (χ1n) is 9.35. The van der Waals surface area contributed by atoms with Crippen molar-refractivity contribution in [2.45, 2.75) is 24.7 Å². The molecule has 0 amide bonds. The molecule has 1 aliphatic heterocycles. The highest BCUT2D eigenvalue weighted by atomic mass is 32.2. The summed E-state index contributed by atoms with van der Waals surface area (Å²) in [6.07, 6.45) is 1.96. The molecule has 30 heavy (non-hydrogen) atoms. The predicted octanol–water partition coefficient (Wildman–Crippen LogP) is 2.50. The monoisotopic (exact) mass is 440 g/mol. The van der Waals surface area contributed by atoms with E-state index in [0.717, 1.165) is 32.9 Å². The standard InChI is InChI=1S/C18H20N10S2/c1-4-30-16-18(19,15-23-21-10(2)27(15)26-16)20-13-12(11-8-6-5-7-9-11)25-28-14(13)22-24-17(28)29-3/h5-9,20,25H,4,19H2,1-3H3. The molecule has 1 atom stereocenters. The molecule has 1 aromatic carbocycles. The Hall–Kier alpha value is -2.83. The number of nitrogens with one attached hydrogen (secondary N) is 2. The summed E-state index contributed by atoms with van der Waals surface area (Å²) in [6, 6.07) is 10.0. The van der Waals surface area contributed by atoms with Crippen molar-refractivity contribution in [3.8, 4) is 11.3 Å². The van der Waals surface area contributed by atoms with E-state index in [0.29, 0.717) is 17.3 Å². The first kappa shape index (κ1) is 19.2. The van der Waals surface area contributed by atoms with Gasteiger partial charge in [0, 0.05) is 5.56 Å². The average Bonchev–Trinajstić information content (AvgIpc) is 3.48. The highest BCUT2D eigenvalue weighted by Gasteiger charge is 2.45. The van der Waals surface area contributed by atoms with Crippen LogP contribution in [0.25, 0.3) is 16.9 Å². The van der Waals surface area contributed by atoms with Crippen LogP contribution in [0.2, 0.25) is 0 Å². The topological polar surface area (TPSA) is 127 Å². The summed E-state index contributed by atoms with van der Waals surface area (Å²) in [6.45, 7) is 3.92. The van der Waals surface area contributed by atoms with Gasteiger partial charge >= 0.3 is 0 Å². The number of aryl methyl sites for hydroxylation is 1. The van der Waals surface area contributed by atoms with Gasteiger partial charge in [0.2, 0.25) is 22.3 Å². The molecule has 0 bridgehead atoms. The average molecular weight is 441 g/mol. The fraction of sp³-hybridized carbons (Fsp3) is 0.278. The van der Waals surface area contributed by atoms with Gasteiger partial charge in [-0.05, 0) is 18.9 Å².